The number of anilines is 1. The van der Waals surface area contributed by atoms with Crippen LogP contribution in [0.15, 0.2) is 18.2 Å². The lowest BCUT2D eigenvalue weighted by atomic mass is 10.1. The van der Waals surface area contributed by atoms with E-state index in [1.807, 2.05) is 13.8 Å². The summed E-state index contributed by atoms with van der Waals surface area (Å²) in [5.74, 6) is -0.789. The number of halogens is 1. The van der Waals surface area contributed by atoms with E-state index in [1.165, 1.54) is 11.0 Å². The summed E-state index contributed by atoms with van der Waals surface area (Å²) < 4.78 is 4.87. The van der Waals surface area contributed by atoms with Crippen molar-refractivity contribution in [3.8, 4) is 0 Å². The van der Waals surface area contributed by atoms with Crippen LogP contribution in [0.2, 0.25) is 5.02 Å². The van der Waals surface area contributed by atoms with Crippen molar-refractivity contribution in [1.29, 1.82) is 0 Å². The number of nitrogen functional groups attached to an aromatic ring is 1. The van der Waals surface area contributed by atoms with Gasteiger partial charge in [0.15, 0.2) is 0 Å². The van der Waals surface area contributed by atoms with Gasteiger partial charge in [-0.25, -0.2) is 0 Å². The summed E-state index contributed by atoms with van der Waals surface area (Å²) in [6.45, 7) is 5.51. The first-order chi connectivity index (χ1) is 9.36. The number of carbonyl (C=O) groups excluding carboxylic acids is 2. The molecule has 0 atom stereocenters. The molecule has 0 fully saturated rings. The molecule has 1 amide bonds. The second kappa shape index (κ2) is 7.14. The van der Waals surface area contributed by atoms with Gasteiger partial charge in [-0.3, -0.25) is 9.59 Å². The molecule has 110 valence electrons. The zero-order valence-corrected chi connectivity index (χ0v) is 12.6. The van der Waals surface area contributed by atoms with Gasteiger partial charge in [0, 0.05) is 16.8 Å². The predicted molar refractivity (Wildman–Crippen MR) is 78.7 cm³/mol. The van der Waals surface area contributed by atoms with Crippen LogP contribution in [-0.4, -0.2) is 36.0 Å². The van der Waals surface area contributed by atoms with Crippen molar-refractivity contribution in [1.82, 2.24) is 4.90 Å². The van der Waals surface area contributed by atoms with Crippen molar-refractivity contribution in [2.75, 3.05) is 18.9 Å². The Morgan fingerprint density at radius 1 is 1.40 bits per heavy atom. The summed E-state index contributed by atoms with van der Waals surface area (Å²) in [6.07, 6.45) is 0. The lowest BCUT2D eigenvalue weighted by molar-refractivity contribution is -0.144. The fraction of sp³-hybridized carbons (Fsp3) is 0.429. The molecule has 0 heterocycles. The third-order valence-corrected chi connectivity index (χ3v) is 2.97. The minimum absolute atomic E-state index is 0.115. The van der Waals surface area contributed by atoms with E-state index in [-0.39, 0.29) is 30.7 Å². The molecular weight excluding hydrogens is 280 g/mol. The lowest BCUT2D eigenvalue weighted by Gasteiger charge is -2.26. The van der Waals surface area contributed by atoms with Gasteiger partial charge < -0.3 is 15.4 Å². The molecule has 0 unspecified atom stereocenters. The van der Waals surface area contributed by atoms with Gasteiger partial charge in [-0.1, -0.05) is 11.6 Å². The number of hydrogen-bond donors (Lipinski definition) is 1. The van der Waals surface area contributed by atoms with Crippen LogP contribution in [0.5, 0.6) is 0 Å². The maximum absolute atomic E-state index is 12.5. The Hall–Kier alpha value is -1.75. The quantitative estimate of drug-likeness (QED) is 0.669. The zero-order valence-electron chi connectivity index (χ0n) is 11.9. The molecule has 6 heteroatoms. The van der Waals surface area contributed by atoms with Crippen molar-refractivity contribution < 1.29 is 14.3 Å². The summed E-state index contributed by atoms with van der Waals surface area (Å²) in [6, 6.07) is 4.52. The SMILES string of the molecule is CCOC(=O)CN(C(=O)c1cc(Cl)ccc1N)C(C)C. The Labute approximate surface area is 123 Å². The van der Waals surface area contributed by atoms with Crippen LogP contribution in [0.1, 0.15) is 31.1 Å². The summed E-state index contributed by atoms with van der Waals surface area (Å²) in [5.41, 5.74) is 6.41. The second-order valence-corrected chi connectivity index (χ2v) is 5.00. The van der Waals surface area contributed by atoms with E-state index >= 15 is 0 Å². The average Bonchev–Trinajstić information content (AvgIpc) is 2.38. The molecule has 0 spiro atoms. The Kier molecular flexibility index (Phi) is 5.82. The van der Waals surface area contributed by atoms with E-state index < -0.39 is 5.97 Å². The Morgan fingerprint density at radius 2 is 2.05 bits per heavy atom. The molecule has 0 aromatic heterocycles. The molecule has 1 aromatic carbocycles. The van der Waals surface area contributed by atoms with Crippen molar-refractivity contribution in [3.63, 3.8) is 0 Å². The highest BCUT2D eigenvalue weighted by atomic mass is 35.5. The number of carbonyl (C=O) groups is 2. The minimum Gasteiger partial charge on any atom is -0.465 e. The lowest BCUT2D eigenvalue weighted by Crippen LogP contribution is -2.41. The van der Waals surface area contributed by atoms with Gasteiger partial charge in [-0.15, -0.1) is 0 Å². The highest BCUT2D eigenvalue weighted by Crippen LogP contribution is 2.20. The fourth-order valence-electron chi connectivity index (χ4n) is 1.70. The number of rotatable bonds is 5. The highest BCUT2D eigenvalue weighted by molar-refractivity contribution is 6.31. The number of ether oxygens (including phenoxy) is 1. The second-order valence-electron chi connectivity index (χ2n) is 4.56. The first kappa shape index (κ1) is 16.3. The predicted octanol–water partition coefficient (Wildman–Crippen LogP) is 2.34. The van der Waals surface area contributed by atoms with Crippen molar-refractivity contribution in [2.24, 2.45) is 0 Å². The van der Waals surface area contributed by atoms with Gasteiger partial charge in [0.2, 0.25) is 0 Å². The van der Waals surface area contributed by atoms with E-state index in [0.29, 0.717) is 10.7 Å². The highest BCUT2D eigenvalue weighted by Gasteiger charge is 2.23. The van der Waals surface area contributed by atoms with E-state index in [1.54, 1.807) is 19.1 Å². The maximum Gasteiger partial charge on any atom is 0.325 e. The van der Waals surface area contributed by atoms with Crippen molar-refractivity contribution in [2.45, 2.75) is 26.8 Å². The van der Waals surface area contributed by atoms with E-state index in [9.17, 15) is 9.59 Å². The van der Waals surface area contributed by atoms with Crippen LogP contribution < -0.4 is 5.73 Å². The summed E-state index contributed by atoms with van der Waals surface area (Å²) >= 11 is 5.88. The summed E-state index contributed by atoms with van der Waals surface area (Å²) in [5, 5.41) is 0.419. The monoisotopic (exact) mass is 298 g/mol. The van der Waals surface area contributed by atoms with Crippen LogP contribution in [0, 0.1) is 0 Å². The number of hydrogen-bond acceptors (Lipinski definition) is 4. The Balaban J connectivity index is 2.99. The zero-order chi connectivity index (χ0) is 15.3. The molecule has 5 nitrogen and oxygen atoms in total. The van der Waals surface area contributed by atoms with Gasteiger partial charge in [-0.05, 0) is 39.0 Å². The van der Waals surface area contributed by atoms with E-state index in [4.69, 9.17) is 22.1 Å². The van der Waals surface area contributed by atoms with Crippen LogP contribution >= 0.6 is 11.6 Å². The van der Waals surface area contributed by atoms with Crippen LogP contribution in [-0.2, 0) is 9.53 Å². The molecule has 1 aromatic rings. The standard InChI is InChI=1S/C14H19ClN2O3/c1-4-20-13(18)8-17(9(2)3)14(19)11-7-10(15)5-6-12(11)16/h5-7,9H,4,8,16H2,1-3H3. The smallest absolute Gasteiger partial charge is 0.325 e. The molecule has 0 aliphatic carbocycles. The maximum atomic E-state index is 12.5. The fourth-order valence-corrected chi connectivity index (χ4v) is 1.88. The van der Waals surface area contributed by atoms with Gasteiger partial charge >= 0.3 is 5.97 Å². The third kappa shape index (κ3) is 4.13. The molecule has 1 rings (SSSR count). The Morgan fingerprint density at radius 3 is 2.60 bits per heavy atom. The van der Waals surface area contributed by atoms with Gasteiger partial charge in [-0.2, -0.15) is 0 Å². The van der Waals surface area contributed by atoms with Crippen LogP contribution in [0.25, 0.3) is 0 Å². The minimum atomic E-state index is -0.449. The summed E-state index contributed by atoms with van der Waals surface area (Å²) in [4.78, 5) is 25.5. The number of amides is 1. The number of esters is 1. The van der Waals surface area contributed by atoms with Gasteiger partial charge in [0.25, 0.3) is 5.91 Å². The molecule has 0 saturated carbocycles. The van der Waals surface area contributed by atoms with Crippen molar-refractivity contribution in [3.05, 3.63) is 28.8 Å². The molecule has 0 bridgehead atoms. The number of nitrogens with two attached hydrogens (primary N) is 1. The van der Waals surface area contributed by atoms with Gasteiger partial charge in [0.05, 0.1) is 12.2 Å². The van der Waals surface area contributed by atoms with Gasteiger partial charge in [0.1, 0.15) is 6.54 Å². The molecular formula is C14H19ClN2O3. The first-order valence-corrected chi connectivity index (χ1v) is 6.76. The number of benzene rings is 1. The Bertz CT molecular complexity index is 503. The number of nitrogens with zero attached hydrogens (tertiary/aromatic N) is 1. The third-order valence-electron chi connectivity index (χ3n) is 2.73. The average molecular weight is 299 g/mol. The molecule has 0 aliphatic rings. The molecule has 0 radical (unpaired) electrons. The van der Waals surface area contributed by atoms with Crippen LogP contribution in [0.3, 0.4) is 0 Å². The largest absolute Gasteiger partial charge is 0.465 e. The summed E-state index contributed by atoms with van der Waals surface area (Å²) in [7, 11) is 0. The molecule has 0 aliphatic heterocycles. The van der Waals surface area contributed by atoms with E-state index in [0.717, 1.165) is 0 Å². The van der Waals surface area contributed by atoms with E-state index in [2.05, 4.69) is 0 Å². The molecule has 2 N–H and O–H groups in total. The topological polar surface area (TPSA) is 72.6 Å². The normalized spacial score (nSPS) is 10.4. The first-order valence-electron chi connectivity index (χ1n) is 6.38. The molecule has 20 heavy (non-hydrogen) atoms. The van der Waals surface area contributed by atoms with Crippen LogP contribution in [0.4, 0.5) is 5.69 Å². The van der Waals surface area contributed by atoms with Crippen molar-refractivity contribution >= 4 is 29.2 Å². The molecule has 0 saturated heterocycles.